The molecule has 120 valence electrons. The van der Waals surface area contributed by atoms with Crippen molar-refractivity contribution in [3.8, 4) is 0 Å². The van der Waals surface area contributed by atoms with Crippen LogP contribution in [0.3, 0.4) is 0 Å². The molecule has 0 aliphatic carbocycles. The summed E-state index contributed by atoms with van der Waals surface area (Å²) in [5.41, 5.74) is 0. The first-order chi connectivity index (χ1) is 10.7. The highest BCUT2D eigenvalue weighted by Crippen LogP contribution is 2.21. The maximum absolute atomic E-state index is 4.53. The van der Waals surface area contributed by atoms with Crippen molar-refractivity contribution < 1.29 is 0 Å². The number of hydrogen-bond donors (Lipinski definition) is 0. The third-order valence-corrected chi connectivity index (χ3v) is 4.58. The van der Waals surface area contributed by atoms with Crippen molar-refractivity contribution in [2.24, 2.45) is 0 Å². The Balaban J connectivity index is 1.72. The van der Waals surface area contributed by atoms with E-state index in [9.17, 15) is 0 Å². The second-order valence-corrected chi connectivity index (χ2v) is 6.14. The lowest BCUT2D eigenvalue weighted by atomic mass is 10.0. The van der Waals surface area contributed by atoms with Gasteiger partial charge in [0.25, 0.3) is 0 Å². The van der Waals surface area contributed by atoms with Crippen LogP contribution < -0.4 is 0 Å². The summed E-state index contributed by atoms with van der Waals surface area (Å²) in [4.78, 5) is 11.5. The third kappa shape index (κ3) is 3.21. The molecule has 0 saturated carbocycles. The van der Waals surface area contributed by atoms with Gasteiger partial charge in [-0.2, -0.15) is 5.10 Å². The average molecular weight is 302 g/mol. The molecule has 0 bridgehead atoms. The van der Waals surface area contributed by atoms with Gasteiger partial charge in [-0.1, -0.05) is 6.42 Å². The Morgan fingerprint density at radius 2 is 2.14 bits per heavy atom. The van der Waals surface area contributed by atoms with Crippen LogP contribution in [0.15, 0.2) is 12.4 Å². The molecule has 0 spiro atoms. The van der Waals surface area contributed by atoms with E-state index in [0.29, 0.717) is 6.04 Å². The topological polar surface area (TPSA) is 51.8 Å². The van der Waals surface area contributed by atoms with Gasteiger partial charge in [0.15, 0.2) is 0 Å². The average Bonchev–Trinajstić information content (AvgIpc) is 3.07. The molecule has 0 amide bonds. The maximum Gasteiger partial charge on any atom is 0.147 e. The van der Waals surface area contributed by atoms with E-state index in [4.69, 9.17) is 0 Å². The van der Waals surface area contributed by atoms with E-state index >= 15 is 0 Å². The van der Waals surface area contributed by atoms with E-state index in [1.54, 1.807) is 0 Å². The van der Waals surface area contributed by atoms with Crippen LogP contribution in [0.1, 0.15) is 43.7 Å². The fourth-order valence-corrected chi connectivity index (χ4v) is 3.37. The lowest BCUT2D eigenvalue weighted by molar-refractivity contribution is 0.116. The Morgan fingerprint density at radius 1 is 1.27 bits per heavy atom. The van der Waals surface area contributed by atoms with Gasteiger partial charge in [-0.25, -0.2) is 14.6 Å². The molecule has 2 aromatic rings. The molecular weight excluding hydrogens is 276 g/mol. The summed E-state index contributed by atoms with van der Waals surface area (Å²) in [6.45, 7) is 10.2. The van der Waals surface area contributed by atoms with E-state index in [1.807, 2.05) is 20.0 Å². The van der Waals surface area contributed by atoms with Crippen LogP contribution in [0, 0.1) is 13.8 Å². The summed E-state index contributed by atoms with van der Waals surface area (Å²) in [6, 6.07) is 0.524. The van der Waals surface area contributed by atoms with Gasteiger partial charge in [-0.15, -0.1) is 0 Å². The number of aromatic nitrogens is 5. The van der Waals surface area contributed by atoms with Gasteiger partial charge in [0.1, 0.15) is 17.5 Å². The van der Waals surface area contributed by atoms with E-state index in [-0.39, 0.29) is 0 Å². The summed E-state index contributed by atoms with van der Waals surface area (Å²) in [5.74, 6) is 3.04. The van der Waals surface area contributed by atoms with E-state index in [1.165, 1.54) is 25.1 Å². The Morgan fingerprint density at radius 3 is 2.86 bits per heavy atom. The van der Waals surface area contributed by atoms with Crippen molar-refractivity contribution in [1.29, 1.82) is 0 Å². The standard InChI is InChI=1S/C16H26N6/c1-4-20-10-8-17-16(20)12-21-9-6-5-7-15(21)11-22-14(3)18-13(2)19-22/h8,10,15H,4-7,9,11-12H2,1-3H3/t15-/m1/s1. The Labute approximate surface area is 132 Å². The number of imidazole rings is 1. The molecular formula is C16H26N6. The molecule has 3 rings (SSSR count). The van der Waals surface area contributed by atoms with Gasteiger partial charge in [0.2, 0.25) is 0 Å². The van der Waals surface area contributed by atoms with Crippen molar-refractivity contribution in [3.05, 3.63) is 29.9 Å². The van der Waals surface area contributed by atoms with Crippen LogP contribution in [0.5, 0.6) is 0 Å². The van der Waals surface area contributed by atoms with Crippen LogP contribution in [0.2, 0.25) is 0 Å². The minimum Gasteiger partial charge on any atom is -0.334 e. The molecule has 3 heterocycles. The molecule has 6 heteroatoms. The van der Waals surface area contributed by atoms with Gasteiger partial charge < -0.3 is 4.57 Å². The van der Waals surface area contributed by atoms with Gasteiger partial charge in [-0.3, -0.25) is 4.90 Å². The monoisotopic (exact) mass is 302 g/mol. The van der Waals surface area contributed by atoms with Crippen molar-refractivity contribution in [2.75, 3.05) is 6.54 Å². The maximum atomic E-state index is 4.53. The second kappa shape index (κ2) is 6.60. The van der Waals surface area contributed by atoms with Crippen LogP contribution in [-0.4, -0.2) is 41.8 Å². The van der Waals surface area contributed by atoms with Crippen molar-refractivity contribution >= 4 is 0 Å². The highest BCUT2D eigenvalue weighted by Gasteiger charge is 2.25. The Hall–Kier alpha value is -1.69. The molecule has 2 aromatic heterocycles. The van der Waals surface area contributed by atoms with Crippen LogP contribution in [-0.2, 0) is 19.6 Å². The normalized spacial score (nSPS) is 19.7. The SMILES string of the molecule is CCn1ccnc1CN1CCCC[C@@H]1Cn1nc(C)nc1C. The highest BCUT2D eigenvalue weighted by atomic mass is 15.4. The fourth-order valence-electron chi connectivity index (χ4n) is 3.37. The number of piperidine rings is 1. The Kier molecular flexibility index (Phi) is 4.57. The smallest absolute Gasteiger partial charge is 0.147 e. The van der Waals surface area contributed by atoms with E-state index < -0.39 is 0 Å². The number of likely N-dealkylation sites (tertiary alicyclic amines) is 1. The van der Waals surface area contributed by atoms with Crippen LogP contribution in [0.25, 0.3) is 0 Å². The molecule has 1 aliphatic heterocycles. The zero-order chi connectivity index (χ0) is 15.5. The lowest BCUT2D eigenvalue weighted by Gasteiger charge is -2.35. The first-order valence-electron chi connectivity index (χ1n) is 8.29. The Bertz CT molecular complexity index is 614. The predicted molar refractivity (Wildman–Crippen MR) is 85.4 cm³/mol. The van der Waals surface area contributed by atoms with E-state index in [2.05, 4.69) is 42.3 Å². The lowest BCUT2D eigenvalue weighted by Crippen LogP contribution is -2.42. The molecule has 0 aromatic carbocycles. The molecule has 6 nitrogen and oxygen atoms in total. The molecule has 1 saturated heterocycles. The number of rotatable bonds is 5. The number of hydrogen-bond acceptors (Lipinski definition) is 4. The highest BCUT2D eigenvalue weighted by molar-refractivity contribution is 4.95. The van der Waals surface area contributed by atoms with Crippen molar-refractivity contribution in [1.82, 2.24) is 29.2 Å². The molecule has 1 fully saturated rings. The summed E-state index contributed by atoms with van der Waals surface area (Å²) in [5, 5.41) is 4.53. The molecule has 0 radical (unpaired) electrons. The van der Waals surface area contributed by atoms with Gasteiger partial charge in [0, 0.05) is 25.0 Å². The van der Waals surface area contributed by atoms with Gasteiger partial charge in [0.05, 0.1) is 13.1 Å². The molecule has 1 aliphatic rings. The summed E-state index contributed by atoms with van der Waals surface area (Å²) in [7, 11) is 0. The summed E-state index contributed by atoms with van der Waals surface area (Å²) in [6.07, 6.45) is 7.78. The minimum atomic E-state index is 0.524. The van der Waals surface area contributed by atoms with E-state index in [0.717, 1.165) is 37.8 Å². The second-order valence-electron chi connectivity index (χ2n) is 6.14. The van der Waals surface area contributed by atoms with Crippen LogP contribution in [0.4, 0.5) is 0 Å². The predicted octanol–water partition coefficient (Wildman–Crippen LogP) is 2.17. The fraction of sp³-hybridized carbons (Fsp3) is 0.688. The quantitative estimate of drug-likeness (QED) is 0.849. The molecule has 1 atom stereocenters. The zero-order valence-electron chi connectivity index (χ0n) is 13.9. The largest absolute Gasteiger partial charge is 0.334 e. The van der Waals surface area contributed by atoms with Crippen molar-refractivity contribution in [2.45, 2.75) is 65.7 Å². The van der Waals surface area contributed by atoms with Crippen LogP contribution >= 0.6 is 0 Å². The third-order valence-electron chi connectivity index (χ3n) is 4.58. The molecule has 0 unspecified atom stereocenters. The number of nitrogens with zero attached hydrogens (tertiary/aromatic N) is 6. The molecule has 0 N–H and O–H groups in total. The number of aryl methyl sites for hydroxylation is 3. The molecule has 22 heavy (non-hydrogen) atoms. The first kappa shape index (κ1) is 15.2. The minimum absolute atomic E-state index is 0.524. The van der Waals surface area contributed by atoms with Gasteiger partial charge in [-0.05, 0) is 40.2 Å². The van der Waals surface area contributed by atoms with Crippen molar-refractivity contribution in [3.63, 3.8) is 0 Å². The summed E-state index contributed by atoms with van der Waals surface area (Å²) >= 11 is 0. The zero-order valence-corrected chi connectivity index (χ0v) is 13.9. The van der Waals surface area contributed by atoms with Gasteiger partial charge >= 0.3 is 0 Å². The first-order valence-corrected chi connectivity index (χ1v) is 8.29. The summed E-state index contributed by atoms with van der Waals surface area (Å²) < 4.78 is 4.29.